The topological polar surface area (TPSA) is 60.9 Å². The molecular weight excluding hydrogens is 416 g/mol. The predicted molar refractivity (Wildman–Crippen MR) is 128 cm³/mol. The monoisotopic (exact) mass is 440 g/mol. The summed E-state index contributed by atoms with van der Waals surface area (Å²) in [5.41, 5.74) is 6.46. The fourth-order valence-electron chi connectivity index (χ4n) is 3.81. The quantitative estimate of drug-likeness (QED) is 0.317. The van der Waals surface area contributed by atoms with Gasteiger partial charge in [-0.25, -0.2) is 4.98 Å². The van der Waals surface area contributed by atoms with Crippen molar-refractivity contribution in [2.45, 2.75) is 37.6 Å². The van der Waals surface area contributed by atoms with E-state index in [2.05, 4.69) is 87.6 Å². The molecule has 0 unspecified atom stereocenters. The van der Waals surface area contributed by atoms with E-state index in [1.807, 2.05) is 24.4 Å². The number of pyridine rings is 2. The number of benzene rings is 1. The van der Waals surface area contributed by atoms with Crippen LogP contribution in [-0.2, 0) is 5.75 Å². The van der Waals surface area contributed by atoms with Gasteiger partial charge in [-0.3, -0.25) is 9.55 Å². The molecule has 0 aliphatic heterocycles. The summed E-state index contributed by atoms with van der Waals surface area (Å²) in [6.45, 7) is 6.50. The fourth-order valence-corrected chi connectivity index (χ4v) is 4.63. The maximum absolute atomic E-state index is 4.76. The van der Waals surface area contributed by atoms with Gasteiger partial charge >= 0.3 is 0 Å². The van der Waals surface area contributed by atoms with Gasteiger partial charge in [0.1, 0.15) is 5.65 Å². The lowest BCUT2D eigenvalue weighted by Crippen LogP contribution is -2.05. The zero-order chi connectivity index (χ0) is 22.1. The number of para-hydroxylation sites is 1. The van der Waals surface area contributed by atoms with E-state index < -0.39 is 0 Å². The van der Waals surface area contributed by atoms with Gasteiger partial charge in [-0.1, -0.05) is 49.9 Å². The van der Waals surface area contributed by atoms with Crippen LogP contribution >= 0.6 is 11.8 Å². The first-order valence-corrected chi connectivity index (χ1v) is 11.6. The Morgan fingerprint density at radius 2 is 1.84 bits per heavy atom. The van der Waals surface area contributed by atoms with Crippen molar-refractivity contribution in [3.63, 3.8) is 0 Å². The normalized spacial score (nSPS) is 11.5. The third-order valence-corrected chi connectivity index (χ3v) is 6.31. The summed E-state index contributed by atoms with van der Waals surface area (Å²) in [6.07, 6.45) is 7.78. The molecule has 5 rings (SSSR count). The smallest absolute Gasteiger partial charge is 0.196 e. The second kappa shape index (κ2) is 8.59. The summed E-state index contributed by atoms with van der Waals surface area (Å²) < 4.78 is 4.22. The van der Waals surface area contributed by atoms with Crippen LogP contribution in [0, 0.1) is 6.92 Å². The number of imidazole rings is 1. The lowest BCUT2D eigenvalue weighted by atomic mass is 10.0. The molecule has 0 amide bonds. The van der Waals surface area contributed by atoms with Gasteiger partial charge in [-0.05, 0) is 48.2 Å². The zero-order valence-corrected chi connectivity index (χ0v) is 19.1. The molecule has 0 aliphatic rings. The molecular formula is C25H24N6S. The van der Waals surface area contributed by atoms with Crippen LogP contribution in [0.5, 0.6) is 0 Å². The molecule has 0 N–H and O–H groups in total. The molecule has 0 aliphatic carbocycles. The standard InChI is InChI=1S/C25H24N6S/c1-17(2)21-8-4-5-9-22(21)31-24(19-7-6-12-26-13-19)28-29-25(31)32-16-20-15-30-14-18(3)10-11-23(30)27-20/h4-15,17H,16H2,1-3H3. The maximum Gasteiger partial charge on any atom is 0.196 e. The average molecular weight is 441 g/mol. The number of fused-ring (bicyclic) bond motifs is 1. The van der Waals surface area contributed by atoms with Crippen LogP contribution in [0.2, 0.25) is 0 Å². The molecule has 0 atom stereocenters. The number of thioether (sulfide) groups is 1. The van der Waals surface area contributed by atoms with Crippen LogP contribution < -0.4 is 0 Å². The van der Waals surface area contributed by atoms with E-state index in [0.29, 0.717) is 11.7 Å². The van der Waals surface area contributed by atoms with Crippen LogP contribution in [0.3, 0.4) is 0 Å². The SMILES string of the molecule is Cc1ccc2nc(CSc3nnc(-c4cccnc4)n3-c3ccccc3C(C)C)cn2c1. The Morgan fingerprint density at radius 1 is 0.969 bits per heavy atom. The van der Waals surface area contributed by atoms with Gasteiger partial charge in [0.15, 0.2) is 11.0 Å². The van der Waals surface area contributed by atoms with E-state index in [4.69, 9.17) is 4.98 Å². The van der Waals surface area contributed by atoms with E-state index >= 15 is 0 Å². The van der Waals surface area contributed by atoms with Gasteiger partial charge in [-0.2, -0.15) is 0 Å². The molecule has 0 radical (unpaired) electrons. The van der Waals surface area contributed by atoms with Crippen LogP contribution in [0.4, 0.5) is 0 Å². The summed E-state index contributed by atoms with van der Waals surface area (Å²) in [5, 5.41) is 9.96. The second-order valence-electron chi connectivity index (χ2n) is 8.09. The van der Waals surface area contributed by atoms with Gasteiger partial charge in [0.25, 0.3) is 0 Å². The molecule has 0 saturated heterocycles. The minimum atomic E-state index is 0.370. The van der Waals surface area contributed by atoms with Crippen molar-refractivity contribution < 1.29 is 0 Å². The number of hydrogen-bond donors (Lipinski definition) is 0. The van der Waals surface area contributed by atoms with Gasteiger partial charge < -0.3 is 4.40 Å². The zero-order valence-electron chi connectivity index (χ0n) is 18.3. The average Bonchev–Trinajstić information content (AvgIpc) is 3.41. The molecule has 4 aromatic heterocycles. The minimum Gasteiger partial charge on any atom is -0.307 e. The van der Waals surface area contributed by atoms with Crippen molar-refractivity contribution in [1.82, 2.24) is 29.1 Å². The Hall–Kier alpha value is -3.45. The molecule has 0 bridgehead atoms. The molecule has 5 aromatic rings. The number of hydrogen-bond acceptors (Lipinski definition) is 5. The molecule has 7 heteroatoms. The molecule has 6 nitrogen and oxygen atoms in total. The largest absolute Gasteiger partial charge is 0.307 e. The van der Waals surface area contributed by atoms with Gasteiger partial charge in [-0.15, -0.1) is 10.2 Å². The summed E-state index contributed by atoms with van der Waals surface area (Å²) >= 11 is 1.64. The summed E-state index contributed by atoms with van der Waals surface area (Å²) in [6, 6.07) is 16.5. The van der Waals surface area contributed by atoms with Crippen molar-refractivity contribution >= 4 is 17.4 Å². The molecule has 0 spiro atoms. The van der Waals surface area contributed by atoms with Gasteiger partial charge in [0, 0.05) is 36.1 Å². The van der Waals surface area contributed by atoms with Crippen LogP contribution in [0.1, 0.15) is 36.6 Å². The molecule has 1 aromatic carbocycles. The van der Waals surface area contributed by atoms with Crippen molar-refractivity contribution in [2.24, 2.45) is 0 Å². The summed E-state index contributed by atoms with van der Waals surface area (Å²) in [5.74, 6) is 1.87. The van der Waals surface area contributed by atoms with Crippen LogP contribution in [0.25, 0.3) is 22.7 Å². The number of rotatable bonds is 6. The molecule has 0 fully saturated rings. The van der Waals surface area contributed by atoms with Gasteiger partial charge in [0.05, 0.1) is 11.4 Å². The van der Waals surface area contributed by atoms with E-state index in [1.165, 1.54) is 11.1 Å². The van der Waals surface area contributed by atoms with E-state index in [9.17, 15) is 0 Å². The van der Waals surface area contributed by atoms with E-state index in [1.54, 1.807) is 18.0 Å². The van der Waals surface area contributed by atoms with Gasteiger partial charge in [0.2, 0.25) is 0 Å². The van der Waals surface area contributed by atoms with Crippen LogP contribution in [0.15, 0.2) is 78.5 Å². The highest BCUT2D eigenvalue weighted by molar-refractivity contribution is 7.98. The predicted octanol–water partition coefficient (Wildman–Crippen LogP) is 5.70. The first-order valence-electron chi connectivity index (χ1n) is 10.6. The number of aryl methyl sites for hydroxylation is 1. The number of aromatic nitrogens is 6. The Kier molecular flexibility index (Phi) is 5.49. The lowest BCUT2D eigenvalue weighted by Gasteiger charge is -2.16. The highest BCUT2D eigenvalue weighted by Crippen LogP contribution is 2.33. The lowest BCUT2D eigenvalue weighted by molar-refractivity contribution is 0.818. The molecule has 160 valence electrons. The Balaban J connectivity index is 1.56. The minimum absolute atomic E-state index is 0.370. The first kappa shape index (κ1) is 20.5. The van der Waals surface area contributed by atoms with E-state index in [0.717, 1.165) is 33.6 Å². The van der Waals surface area contributed by atoms with Crippen LogP contribution in [-0.4, -0.2) is 29.1 Å². The Morgan fingerprint density at radius 3 is 2.66 bits per heavy atom. The molecule has 4 heterocycles. The third kappa shape index (κ3) is 3.91. The van der Waals surface area contributed by atoms with E-state index in [-0.39, 0.29) is 0 Å². The van der Waals surface area contributed by atoms with Crippen molar-refractivity contribution in [3.05, 3.63) is 90.1 Å². The highest BCUT2D eigenvalue weighted by Gasteiger charge is 2.20. The molecule has 0 saturated carbocycles. The molecule has 32 heavy (non-hydrogen) atoms. The Bertz CT molecular complexity index is 1370. The van der Waals surface area contributed by atoms with Crippen molar-refractivity contribution in [2.75, 3.05) is 0 Å². The second-order valence-corrected chi connectivity index (χ2v) is 9.03. The Labute approximate surface area is 191 Å². The number of nitrogens with zero attached hydrogens (tertiary/aromatic N) is 6. The highest BCUT2D eigenvalue weighted by atomic mass is 32.2. The third-order valence-electron chi connectivity index (χ3n) is 5.35. The summed E-state index contributed by atoms with van der Waals surface area (Å²) in [4.78, 5) is 9.04. The maximum atomic E-state index is 4.76. The first-order chi connectivity index (χ1) is 15.6. The van der Waals surface area contributed by atoms with Crippen molar-refractivity contribution in [1.29, 1.82) is 0 Å². The fraction of sp³-hybridized carbons (Fsp3) is 0.200. The van der Waals surface area contributed by atoms with Crippen molar-refractivity contribution in [3.8, 4) is 17.1 Å². The summed E-state index contributed by atoms with van der Waals surface area (Å²) in [7, 11) is 0.